The first kappa shape index (κ1) is 13.3. The van der Waals surface area contributed by atoms with Crippen LogP contribution in [0.25, 0.3) is 0 Å². The molecule has 2 N–H and O–H groups in total. The average molecular weight is 231 g/mol. The highest BCUT2D eigenvalue weighted by Gasteiger charge is 2.25. The zero-order chi connectivity index (χ0) is 11.3. The Morgan fingerprint density at radius 2 is 2.07 bits per heavy atom. The average Bonchev–Trinajstić information content (AvgIpc) is 2.63. The molecule has 3 atom stereocenters. The first-order valence-electron chi connectivity index (χ1n) is 6.22. The van der Waals surface area contributed by atoms with Crippen LogP contribution in [0.15, 0.2) is 0 Å². The van der Waals surface area contributed by atoms with Crippen molar-refractivity contribution in [3.63, 3.8) is 0 Å². The predicted molar refractivity (Wildman–Crippen MR) is 68.4 cm³/mol. The molecule has 1 rings (SSSR count). The van der Waals surface area contributed by atoms with Crippen LogP contribution in [-0.2, 0) is 0 Å². The lowest BCUT2D eigenvalue weighted by atomic mass is 9.96. The second-order valence-electron chi connectivity index (χ2n) is 4.52. The van der Waals surface area contributed by atoms with Crippen LogP contribution >= 0.6 is 11.8 Å². The van der Waals surface area contributed by atoms with Crippen LogP contribution < -0.4 is 5.32 Å². The fraction of sp³-hybridized carbons (Fsp3) is 1.00. The van der Waals surface area contributed by atoms with E-state index in [0.29, 0.717) is 17.2 Å². The van der Waals surface area contributed by atoms with Crippen molar-refractivity contribution in [3.8, 4) is 0 Å². The van der Waals surface area contributed by atoms with E-state index in [4.69, 9.17) is 0 Å². The Bertz CT molecular complexity index is 173. The van der Waals surface area contributed by atoms with Gasteiger partial charge in [0.15, 0.2) is 0 Å². The van der Waals surface area contributed by atoms with E-state index >= 15 is 0 Å². The molecule has 1 aliphatic rings. The fourth-order valence-corrected chi connectivity index (χ4v) is 3.50. The van der Waals surface area contributed by atoms with E-state index in [2.05, 4.69) is 26.1 Å². The van der Waals surface area contributed by atoms with Crippen LogP contribution in [0.3, 0.4) is 0 Å². The molecule has 3 heteroatoms. The minimum atomic E-state index is -0.169. The van der Waals surface area contributed by atoms with E-state index in [-0.39, 0.29) is 6.10 Å². The number of nitrogens with one attached hydrogen (secondary N) is 1. The van der Waals surface area contributed by atoms with Gasteiger partial charge in [-0.25, -0.2) is 0 Å². The molecule has 0 saturated carbocycles. The van der Waals surface area contributed by atoms with E-state index < -0.39 is 0 Å². The molecule has 2 nitrogen and oxygen atoms in total. The molecule has 1 saturated heterocycles. The van der Waals surface area contributed by atoms with Crippen molar-refractivity contribution < 1.29 is 5.11 Å². The first-order chi connectivity index (χ1) is 7.19. The summed E-state index contributed by atoms with van der Waals surface area (Å²) in [5.41, 5.74) is 0. The lowest BCUT2D eigenvalue weighted by Gasteiger charge is -2.24. The minimum Gasteiger partial charge on any atom is -0.392 e. The Labute approximate surface area is 98.2 Å². The highest BCUT2D eigenvalue weighted by atomic mass is 32.2. The SMILES string of the molecule is CCC(CC)C(O)CNC1CCSC1C. The monoisotopic (exact) mass is 231 g/mol. The molecule has 0 aliphatic carbocycles. The number of hydrogen-bond acceptors (Lipinski definition) is 3. The Kier molecular flexibility index (Phi) is 6.02. The van der Waals surface area contributed by atoms with E-state index in [9.17, 15) is 5.11 Å². The summed E-state index contributed by atoms with van der Waals surface area (Å²) in [7, 11) is 0. The summed E-state index contributed by atoms with van der Waals surface area (Å²) in [6.45, 7) is 7.36. The molecule has 0 radical (unpaired) electrons. The summed E-state index contributed by atoms with van der Waals surface area (Å²) >= 11 is 2.03. The molecule has 15 heavy (non-hydrogen) atoms. The Hall–Kier alpha value is 0.270. The Morgan fingerprint density at radius 1 is 1.40 bits per heavy atom. The maximum atomic E-state index is 9.99. The van der Waals surface area contributed by atoms with Crippen LogP contribution in [-0.4, -0.2) is 34.8 Å². The van der Waals surface area contributed by atoms with Crippen molar-refractivity contribution >= 4 is 11.8 Å². The second-order valence-corrected chi connectivity index (χ2v) is 6.01. The number of hydrogen-bond donors (Lipinski definition) is 2. The zero-order valence-corrected chi connectivity index (χ0v) is 11.0. The molecule has 0 bridgehead atoms. The Morgan fingerprint density at radius 3 is 2.53 bits per heavy atom. The van der Waals surface area contributed by atoms with Gasteiger partial charge in [-0.3, -0.25) is 0 Å². The lowest BCUT2D eigenvalue weighted by Crippen LogP contribution is -2.41. The predicted octanol–water partition coefficient (Wildman–Crippen LogP) is 2.27. The molecule has 3 unspecified atom stereocenters. The van der Waals surface area contributed by atoms with Crippen molar-refractivity contribution in [2.75, 3.05) is 12.3 Å². The molecule has 1 aliphatic heterocycles. The van der Waals surface area contributed by atoms with Crippen LogP contribution in [0.5, 0.6) is 0 Å². The van der Waals surface area contributed by atoms with E-state index in [1.807, 2.05) is 11.8 Å². The highest BCUT2D eigenvalue weighted by Crippen LogP contribution is 2.26. The van der Waals surface area contributed by atoms with Crippen LogP contribution in [0.4, 0.5) is 0 Å². The van der Waals surface area contributed by atoms with Crippen molar-refractivity contribution in [2.24, 2.45) is 5.92 Å². The zero-order valence-electron chi connectivity index (χ0n) is 10.2. The van der Waals surface area contributed by atoms with Gasteiger partial charge in [-0.15, -0.1) is 0 Å². The number of aliphatic hydroxyl groups is 1. The third kappa shape index (κ3) is 3.97. The van der Waals surface area contributed by atoms with E-state index in [0.717, 1.165) is 19.4 Å². The van der Waals surface area contributed by atoms with Crippen molar-refractivity contribution in [2.45, 2.75) is 57.4 Å². The minimum absolute atomic E-state index is 0.169. The number of thioether (sulfide) groups is 1. The molecular formula is C12H25NOS. The van der Waals surface area contributed by atoms with Gasteiger partial charge < -0.3 is 10.4 Å². The van der Waals surface area contributed by atoms with Crippen LogP contribution in [0.1, 0.15) is 40.0 Å². The summed E-state index contributed by atoms with van der Waals surface area (Å²) in [5.74, 6) is 1.72. The topological polar surface area (TPSA) is 32.3 Å². The van der Waals surface area contributed by atoms with Gasteiger partial charge in [0.25, 0.3) is 0 Å². The van der Waals surface area contributed by atoms with Gasteiger partial charge in [0.05, 0.1) is 6.10 Å². The maximum Gasteiger partial charge on any atom is 0.0692 e. The standard InChI is InChI=1S/C12H25NOS/c1-4-10(5-2)12(14)8-13-11-6-7-15-9(11)3/h9-14H,4-8H2,1-3H3. The molecule has 0 aromatic rings. The highest BCUT2D eigenvalue weighted by molar-refractivity contribution is 8.00. The second kappa shape index (κ2) is 6.77. The third-order valence-electron chi connectivity index (χ3n) is 3.56. The van der Waals surface area contributed by atoms with Gasteiger partial charge in [-0.2, -0.15) is 11.8 Å². The van der Waals surface area contributed by atoms with E-state index in [1.165, 1.54) is 12.2 Å². The molecule has 0 aromatic carbocycles. The first-order valence-corrected chi connectivity index (χ1v) is 7.26. The largest absolute Gasteiger partial charge is 0.392 e. The molecular weight excluding hydrogens is 206 g/mol. The summed E-state index contributed by atoms with van der Waals surface area (Å²) in [5, 5.41) is 14.2. The molecule has 90 valence electrons. The maximum absolute atomic E-state index is 9.99. The van der Waals surface area contributed by atoms with Crippen LogP contribution in [0, 0.1) is 5.92 Å². The van der Waals surface area contributed by atoms with Gasteiger partial charge in [-0.1, -0.05) is 33.6 Å². The van der Waals surface area contributed by atoms with Crippen molar-refractivity contribution in [3.05, 3.63) is 0 Å². The molecule has 0 amide bonds. The van der Waals surface area contributed by atoms with Crippen molar-refractivity contribution in [1.29, 1.82) is 0 Å². The summed E-state index contributed by atoms with van der Waals surface area (Å²) in [6.07, 6.45) is 3.24. The van der Waals surface area contributed by atoms with Gasteiger partial charge >= 0.3 is 0 Å². The summed E-state index contributed by atoms with van der Waals surface area (Å²) in [6, 6.07) is 0.610. The molecule has 0 spiro atoms. The smallest absolute Gasteiger partial charge is 0.0692 e. The summed E-state index contributed by atoms with van der Waals surface area (Å²) in [4.78, 5) is 0. The summed E-state index contributed by atoms with van der Waals surface area (Å²) < 4.78 is 0. The van der Waals surface area contributed by atoms with Crippen molar-refractivity contribution in [1.82, 2.24) is 5.32 Å². The fourth-order valence-electron chi connectivity index (χ4n) is 2.27. The van der Waals surface area contributed by atoms with Gasteiger partial charge in [-0.05, 0) is 18.1 Å². The molecule has 1 heterocycles. The number of rotatable bonds is 6. The van der Waals surface area contributed by atoms with Crippen LogP contribution in [0.2, 0.25) is 0 Å². The van der Waals surface area contributed by atoms with Gasteiger partial charge in [0.2, 0.25) is 0 Å². The van der Waals surface area contributed by atoms with E-state index in [1.54, 1.807) is 0 Å². The van der Waals surface area contributed by atoms with Gasteiger partial charge in [0.1, 0.15) is 0 Å². The third-order valence-corrected chi connectivity index (χ3v) is 4.88. The number of aliphatic hydroxyl groups excluding tert-OH is 1. The Balaban J connectivity index is 2.23. The quantitative estimate of drug-likeness (QED) is 0.735. The molecule has 1 fully saturated rings. The molecule has 0 aromatic heterocycles. The lowest BCUT2D eigenvalue weighted by molar-refractivity contribution is 0.0984. The normalized spacial score (nSPS) is 28.6. The van der Waals surface area contributed by atoms with Gasteiger partial charge in [0, 0.05) is 17.8 Å².